The fourth-order valence-electron chi connectivity index (χ4n) is 3.07. The molecule has 3 N–H and O–H groups in total. The molecule has 1 aromatic heterocycles. The zero-order valence-corrected chi connectivity index (χ0v) is 13.6. The zero-order valence-electron chi connectivity index (χ0n) is 13.6. The first-order valence-corrected chi connectivity index (χ1v) is 8.23. The number of nitrogens with one attached hydrogen (secondary N) is 1. The standard InChI is InChI=1S/C16H29N5/c1-4-6-14-18-15(20-17)11-16(19-14)21-9-5-7-13(8-10-21)12(2)3/h11-13H,4-10,17H2,1-3H3,(H,18,19,20). The molecule has 118 valence electrons. The molecule has 0 bridgehead atoms. The molecule has 2 heterocycles. The number of nitrogens with two attached hydrogens (primary N) is 1. The van der Waals surface area contributed by atoms with Crippen molar-refractivity contribution in [1.29, 1.82) is 0 Å². The van der Waals surface area contributed by atoms with Crippen LogP contribution in [0.25, 0.3) is 0 Å². The normalized spacial score (nSPS) is 19.7. The van der Waals surface area contributed by atoms with Gasteiger partial charge in [0.15, 0.2) is 0 Å². The van der Waals surface area contributed by atoms with Gasteiger partial charge in [-0.1, -0.05) is 20.8 Å². The van der Waals surface area contributed by atoms with E-state index < -0.39 is 0 Å². The molecule has 0 aliphatic carbocycles. The van der Waals surface area contributed by atoms with Crippen molar-refractivity contribution in [2.24, 2.45) is 17.7 Å². The van der Waals surface area contributed by atoms with Gasteiger partial charge in [-0.05, 0) is 37.5 Å². The van der Waals surface area contributed by atoms with E-state index in [9.17, 15) is 0 Å². The van der Waals surface area contributed by atoms with Gasteiger partial charge < -0.3 is 10.3 Å². The van der Waals surface area contributed by atoms with E-state index >= 15 is 0 Å². The lowest BCUT2D eigenvalue weighted by molar-refractivity contribution is 0.351. The minimum Gasteiger partial charge on any atom is -0.356 e. The summed E-state index contributed by atoms with van der Waals surface area (Å²) in [6.45, 7) is 8.97. The predicted octanol–water partition coefficient (Wildman–Crippen LogP) is 2.98. The van der Waals surface area contributed by atoms with E-state index in [-0.39, 0.29) is 0 Å². The summed E-state index contributed by atoms with van der Waals surface area (Å²) in [5.74, 6) is 9.77. The Morgan fingerprint density at radius 3 is 2.81 bits per heavy atom. The number of hydrazine groups is 1. The maximum Gasteiger partial charge on any atom is 0.145 e. The van der Waals surface area contributed by atoms with Crippen molar-refractivity contribution in [2.45, 2.75) is 52.9 Å². The summed E-state index contributed by atoms with van der Waals surface area (Å²) in [5, 5.41) is 0. The van der Waals surface area contributed by atoms with E-state index in [4.69, 9.17) is 10.8 Å². The van der Waals surface area contributed by atoms with Gasteiger partial charge in [0.25, 0.3) is 0 Å². The van der Waals surface area contributed by atoms with Gasteiger partial charge in [-0.3, -0.25) is 0 Å². The Morgan fingerprint density at radius 2 is 2.14 bits per heavy atom. The molecule has 5 nitrogen and oxygen atoms in total. The number of nitrogen functional groups attached to an aromatic ring is 1. The molecule has 0 saturated carbocycles. The molecule has 21 heavy (non-hydrogen) atoms. The molecule has 1 atom stereocenters. The molecule has 2 rings (SSSR count). The first-order chi connectivity index (χ1) is 10.1. The lowest BCUT2D eigenvalue weighted by Crippen LogP contribution is -2.26. The zero-order chi connectivity index (χ0) is 15.2. The van der Waals surface area contributed by atoms with Crippen LogP contribution in [0.3, 0.4) is 0 Å². The minimum absolute atomic E-state index is 0.716. The van der Waals surface area contributed by atoms with Crippen LogP contribution in [0.15, 0.2) is 6.07 Å². The van der Waals surface area contributed by atoms with Gasteiger partial charge >= 0.3 is 0 Å². The molecule has 1 aliphatic rings. The van der Waals surface area contributed by atoms with E-state index in [1.807, 2.05) is 6.07 Å². The molecule has 1 saturated heterocycles. The Morgan fingerprint density at radius 1 is 1.33 bits per heavy atom. The van der Waals surface area contributed by atoms with Gasteiger partial charge in [-0.25, -0.2) is 15.8 Å². The Labute approximate surface area is 128 Å². The smallest absolute Gasteiger partial charge is 0.145 e. The highest BCUT2D eigenvalue weighted by Gasteiger charge is 2.21. The third-order valence-electron chi connectivity index (χ3n) is 4.42. The summed E-state index contributed by atoms with van der Waals surface area (Å²) in [6.07, 6.45) is 5.74. The van der Waals surface area contributed by atoms with Crippen molar-refractivity contribution in [3.63, 3.8) is 0 Å². The Hall–Kier alpha value is -1.36. The van der Waals surface area contributed by atoms with Crippen LogP contribution >= 0.6 is 0 Å². The summed E-state index contributed by atoms with van der Waals surface area (Å²) >= 11 is 0. The molecule has 0 spiro atoms. The van der Waals surface area contributed by atoms with E-state index in [0.717, 1.165) is 49.4 Å². The molecule has 0 radical (unpaired) electrons. The molecule has 1 unspecified atom stereocenters. The van der Waals surface area contributed by atoms with Crippen LogP contribution in [-0.2, 0) is 6.42 Å². The Bertz CT molecular complexity index is 446. The van der Waals surface area contributed by atoms with Crippen LogP contribution < -0.4 is 16.2 Å². The highest BCUT2D eigenvalue weighted by molar-refractivity contribution is 5.49. The van der Waals surface area contributed by atoms with Crippen molar-refractivity contribution >= 4 is 11.6 Å². The average molecular weight is 291 g/mol. The number of aryl methyl sites for hydroxylation is 1. The summed E-state index contributed by atoms with van der Waals surface area (Å²) in [7, 11) is 0. The van der Waals surface area contributed by atoms with Crippen molar-refractivity contribution in [2.75, 3.05) is 23.4 Å². The van der Waals surface area contributed by atoms with Gasteiger partial charge in [0, 0.05) is 25.6 Å². The fourth-order valence-corrected chi connectivity index (χ4v) is 3.07. The lowest BCUT2D eigenvalue weighted by atomic mass is 9.89. The van der Waals surface area contributed by atoms with Crippen LogP contribution in [0.2, 0.25) is 0 Å². The monoisotopic (exact) mass is 291 g/mol. The van der Waals surface area contributed by atoms with Crippen molar-refractivity contribution in [3.8, 4) is 0 Å². The van der Waals surface area contributed by atoms with Crippen LogP contribution in [-0.4, -0.2) is 23.1 Å². The fraction of sp³-hybridized carbons (Fsp3) is 0.750. The number of hydrogen-bond acceptors (Lipinski definition) is 5. The highest BCUT2D eigenvalue weighted by Crippen LogP contribution is 2.27. The molecular formula is C16H29N5. The second-order valence-corrected chi connectivity index (χ2v) is 6.34. The summed E-state index contributed by atoms with van der Waals surface area (Å²) < 4.78 is 0. The lowest BCUT2D eigenvalue weighted by Gasteiger charge is -2.23. The maximum atomic E-state index is 5.55. The van der Waals surface area contributed by atoms with E-state index in [2.05, 4.69) is 36.1 Å². The second-order valence-electron chi connectivity index (χ2n) is 6.34. The van der Waals surface area contributed by atoms with E-state index in [0.29, 0.717) is 5.82 Å². The maximum absolute atomic E-state index is 5.55. The molecule has 1 aromatic rings. The summed E-state index contributed by atoms with van der Waals surface area (Å²) in [6, 6.07) is 1.97. The number of hydrogen-bond donors (Lipinski definition) is 2. The quantitative estimate of drug-likeness (QED) is 0.645. The summed E-state index contributed by atoms with van der Waals surface area (Å²) in [4.78, 5) is 11.5. The molecule has 5 heteroatoms. The topological polar surface area (TPSA) is 67.1 Å². The molecule has 0 amide bonds. The number of anilines is 2. The van der Waals surface area contributed by atoms with Crippen LogP contribution in [0.5, 0.6) is 0 Å². The van der Waals surface area contributed by atoms with Crippen LogP contribution in [0, 0.1) is 11.8 Å². The minimum atomic E-state index is 0.716. The molecule has 1 aliphatic heterocycles. The van der Waals surface area contributed by atoms with Crippen molar-refractivity contribution in [1.82, 2.24) is 9.97 Å². The number of nitrogens with zero attached hydrogens (tertiary/aromatic N) is 3. The first-order valence-electron chi connectivity index (χ1n) is 8.23. The van der Waals surface area contributed by atoms with Gasteiger partial charge in [0.2, 0.25) is 0 Å². The number of rotatable bonds is 5. The summed E-state index contributed by atoms with van der Waals surface area (Å²) in [5.41, 5.74) is 2.67. The Kier molecular flexibility index (Phi) is 5.79. The molecule has 1 fully saturated rings. The molecule has 0 aromatic carbocycles. The van der Waals surface area contributed by atoms with Crippen LogP contribution in [0.1, 0.15) is 52.3 Å². The highest BCUT2D eigenvalue weighted by atomic mass is 15.3. The third-order valence-corrected chi connectivity index (χ3v) is 4.42. The second kappa shape index (κ2) is 7.59. The van der Waals surface area contributed by atoms with Crippen LogP contribution in [0.4, 0.5) is 11.6 Å². The predicted molar refractivity (Wildman–Crippen MR) is 88.2 cm³/mol. The third kappa shape index (κ3) is 4.30. The van der Waals surface area contributed by atoms with Gasteiger partial charge in [0.1, 0.15) is 17.5 Å². The van der Waals surface area contributed by atoms with E-state index in [1.54, 1.807) is 0 Å². The number of aromatic nitrogens is 2. The van der Waals surface area contributed by atoms with Crippen molar-refractivity contribution in [3.05, 3.63) is 11.9 Å². The van der Waals surface area contributed by atoms with Gasteiger partial charge in [-0.15, -0.1) is 0 Å². The van der Waals surface area contributed by atoms with Crippen molar-refractivity contribution < 1.29 is 0 Å². The SMILES string of the molecule is CCCc1nc(NN)cc(N2CCCC(C(C)C)CC2)n1. The Balaban J connectivity index is 2.14. The van der Waals surface area contributed by atoms with Gasteiger partial charge in [0.05, 0.1) is 0 Å². The largest absolute Gasteiger partial charge is 0.356 e. The molecular weight excluding hydrogens is 262 g/mol. The first kappa shape index (κ1) is 16.0. The average Bonchev–Trinajstić information content (AvgIpc) is 2.73. The van der Waals surface area contributed by atoms with E-state index in [1.165, 1.54) is 19.3 Å². The van der Waals surface area contributed by atoms with Gasteiger partial charge in [-0.2, -0.15) is 0 Å².